The third-order valence-electron chi connectivity index (χ3n) is 5.27. The Kier molecular flexibility index (Phi) is 4.97. The van der Waals surface area contributed by atoms with Gasteiger partial charge in [0.05, 0.1) is 28.1 Å². The zero-order valence-electron chi connectivity index (χ0n) is 15.2. The Labute approximate surface area is 172 Å². The van der Waals surface area contributed by atoms with Crippen molar-refractivity contribution in [2.45, 2.75) is 30.2 Å². The number of fused-ring (bicyclic) bond motifs is 2. The highest BCUT2D eigenvalue weighted by atomic mass is 35.5. The Morgan fingerprint density at radius 1 is 1.29 bits per heavy atom. The molecule has 1 aromatic carbocycles. The monoisotopic (exact) mass is 438 g/mol. The fraction of sp³-hybridized carbons (Fsp3) is 0.368. The van der Waals surface area contributed by atoms with Crippen molar-refractivity contribution in [3.63, 3.8) is 0 Å². The Morgan fingerprint density at radius 2 is 2.07 bits per heavy atom. The lowest BCUT2D eigenvalue weighted by atomic mass is 10.1. The second kappa shape index (κ2) is 7.17. The van der Waals surface area contributed by atoms with Gasteiger partial charge in [-0.1, -0.05) is 11.6 Å². The number of thiophene rings is 1. The van der Waals surface area contributed by atoms with Crippen LogP contribution < -0.4 is 5.32 Å². The molecular formula is C19H19ClN2O4S2. The predicted octanol–water partition coefficient (Wildman–Crippen LogP) is 2.61. The van der Waals surface area contributed by atoms with Gasteiger partial charge in [0.25, 0.3) is 5.91 Å². The van der Waals surface area contributed by atoms with Crippen LogP contribution in [0.5, 0.6) is 0 Å². The van der Waals surface area contributed by atoms with Gasteiger partial charge in [-0.2, -0.15) is 0 Å². The van der Waals surface area contributed by atoms with E-state index in [2.05, 4.69) is 5.32 Å². The summed E-state index contributed by atoms with van der Waals surface area (Å²) >= 11 is 7.49. The van der Waals surface area contributed by atoms with Crippen molar-refractivity contribution in [2.24, 2.45) is 0 Å². The van der Waals surface area contributed by atoms with E-state index >= 15 is 0 Å². The number of carbonyl (C=O) groups is 2. The standard InChI is InChI=1S/C19H19ClN2O4S2/c1-22(14-10-28(25,26)17-6-5-12(20)8-13(14)17)18(23)9-21-19(24)16-7-11-3-2-4-15(11)27-16/h5-8,14H,2-4,9-10H2,1H3,(H,21,24). The molecule has 28 heavy (non-hydrogen) atoms. The predicted molar refractivity (Wildman–Crippen MR) is 108 cm³/mol. The Morgan fingerprint density at radius 3 is 2.82 bits per heavy atom. The van der Waals surface area contributed by atoms with Crippen LogP contribution in [0.2, 0.25) is 5.02 Å². The molecule has 148 valence electrons. The molecule has 1 aliphatic heterocycles. The lowest BCUT2D eigenvalue weighted by molar-refractivity contribution is -0.130. The van der Waals surface area contributed by atoms with Crippen molar-refractivity contribution < 1.29 is 18.0 Å². The van der Waals surface area contributed by atoms with Crippen LogP contribution in [-0.4, -0.2) is 44.5 Å². The molecule has 0 fully saturated rings. The van der Waals surface area contributed by atoms with Gasteiger partial charge in [-0.25, -0.2) is 8.42 Å². The third kappa shape index (κ3) is 3.44. The number of hydrogen-bond donors (Lipinski definition) is 1. The van der Waals surface area contributed by atoms with Crippen LogP contribution in [0, 0.1) is 0 Å². The van der Waals surface area contributed by atoms with Gasteiger partial charge in [-0.05, 0) is 54.7 Å². The van der Waals surface area contributed by atoms with Crippen molar-refractivity contribution >= 4 is 44.6 Å². The number of amides is 2. The maximum atomic E-state index is 12.6. The number of hydrogen-bond acceptors (Lipinski definition) is 5. The van der Waals surface area contributed by atoms with Crippen LogP contribution in [0.4, 0.5) is 0 Å². The summed E-state index contributed by atoms with van der Waals surface area (Å²) in [5.74, 6) is -0.814. The topological polar surface area (TPSA) is 83.6 Å². The number of aryl methyl sites for hydroxylation is 2. The number of likely N-dealkylation sites (N-methyl/N-ethyl adjacent to an activating group) is 1. The molecular weight excluding hydrogens is 420 g/mol. The minimum atomic E-state index is -3.46. The van der Waals surface area contributed by atoms with Crippen LogP contribution in [-0.2, 0) is 27.5 Å². The van der Waals surface area contributed by atoms with Crippen LogP contribution in [0.1, 0.15) is 38.1 Å². The van der Waals surface area contributed by atoms with Crippen molar-refractivity contribution in [1.82, 2.24) is 10.2 Å². The number of nitrogens with zero attached hydrogens (tertiary/aromatic N) is 1. The summed E-state index contributed by atoms with van der Waals surface area (Å²) in [6.45, 7) is -0.190. The van der Waals surface area contributed by atoms with Crippen LogP contribution >= 0.6 is 22.9 Å². The van der Waals surface area contributed by atoms with Crippen molar-refractivity contribution in [1.29, 1.82) is 0 Å². The summed E-state index contributed by atoms with van der Waals surface area (Å²) in [4.78, 5) is 28.4. The summed E-state index contributed by atoms with van der Waals surface area (Å²) in [7, 11) is -1.92. The van der Waals surface area contributed by atoms with Gasteiger partial charge >= 0.3 is 0 Å². The number of rotatable bonds is 4. The van der Waals surface area contributed by atoms with Gasteiger partial charge in [-0.3, -0.25) is 9.59 Å². The molecule has 0 saturated heterocycles. The Balaban J connectivity index is 1.44. The van der Waals surface area contributed by atoms with Gasteiger partial charge in [0, 0.05) is 16.9 Å². The molecule has 0 saturated carbocycles. The number of carbonyl (C=O) groups excluding carboxylic acids is 2. The first-order chi connectivity index (χ1) is 13.3. The van der Waals surface area contributed by atoms with Gasteiger partial charge < -0.3 is 10.2 Å². The molecule has 2 heterocycles. The molecule has 2 aromatic rings. The largest absolute Gasteiger partial charge is 0.342 e. The highest BCUT2D eigenvalue weighted by molar-refractivity contribution is 7.91. The first kappa shape index (κ1) is 19.4. The first-order valence-electron chi connectivity index (χ1n) is 8.94. The van der Waals surface area contributed by atoms with E-state index in [1.54, 1.807) is 13.1 Å². The minimum Gasteiger partial charge on any atom is -0.342 e. The van der Waals surface area contributed by atoms with Crippen molar-refractivity contribution in [3.05, 3.63) is 50.2 Å². The molecule has 1 N–H and O–H groups in total. The fourth-order valence-corrected chi connectivity index (χ4v) is 6.93. The Bertz CT molecular complexity index is 1060. The van der Waals surface area contributed by atoms with Crippen LogP contribution in [0.25, 0.3) is 0 Å². The molecule has 1 unspecified atom stereocenters. The second-order valence-corrected chi connectivity index (χ2v) is 10.7. The number of nitrogens with one attached hydrogen (secondary N) is 1. The summed E-state index contributed by atoms with van der Waals surface area (Å²) in [6.07, 6.45) is 3.13. The highest BCUT2D eigenvalue weighted by Crippen LogP contribution is 2.38. The molecule has 9 heteroatoms. The molecule has 2 amide bonds. The molecule has 6 nitrogen and oxygen atoms in total. The number of sulfone groups is 1. The van der Waals surface area contributed by atoms with Crippen molar-refractivity contribution in [2.75, 3.05) is 19.3 Å². The van der Waals surface area contributed by atoms with Gasteiger partial charge in [0.15, 0.2) is 9.84 Å². The van der Waals surface area contributed by atoms with Gasteiger partial charge in [0.2, 0.25) is 5.91 Å². The maximum absolute atomic E-state index is 12.6. The maximum Gasteiger partial charge on any atom is 0.261 e. The summed E-state index contributed by atoms with van der Waals surface area (Å²) in [6, 6.07) is 5.87. The van der Waals surface area contributed by atoms with E-state index in [0.717, 1.165) is 19.3 Å². The molecule has 2 aliphatic rings. The molecule has 0 spiro atoms. The zero-order chi connectivity index (χ0) is 20.1. The molecule has 0 radical (unpaired) electrons. The second-order valence-electron chi connectivity index (χ2n) is 7.08. The van der Waals surface area contributed by atoms with Gasteiger partial charge in [0.1, 0.15) is 0 Å². The quantitative estimate of drug-likeness (QED) is 0.795. The van der Waals surface area contributed by atoms with E-state index in [9.17, 15) is 18.0 Å². The highest BCUT2D eigenvalue weighted by Gasteiger charge is 2.38. The average Bonchev–Trinajstić information content (AvgIpc) is 3.31. The third-order valence-corrected chi connectivity index (χ3v) is 8.54. The summed E-state index contributed by atoms with van der Waals surface area (Å²) in [5, 5.41) is 3.07. The average molecular weight is 439 g/mol. The molecule has 1 atom stereocenters. The number of halogens is 1. The lowest BCUT2D eigenvalue weighted by Crippen LogP contribution is -2.40. The fourth-order valence-electron chi connectivity index (χ4n) is 3.75. The smallest absolute Gasteiger partial charge is 0.261 e. The first-order valence-corrected chi connectivity index (χ1v) is 11.8. The van der Waals surface area contributed by atoms with E-state index in [0.29, 0.717) is 15.5 Å². The molecule has 1 aliphatic carbocycles. The SMILES string of the molecule is CN(C(=O)CNC(=O)c1cc2c(s1)CCC2)C1CS(=O)(=O)c2ccc(Cl)cc21. The van der Waals surface area contributed by atoms with E-state index in [4.69, 9.17) is 11.6 Å². The summed E-state index contributed by atoms with van der Waals surface area (Å²) < 4.78 is 24.7. The normalized spacial score (nSPS) is 19.1. The van der Waals surface area contributed by atoms with E-state index < -0.39 is 15.9 Å². The lowest BCUT2D eigenvalue weighted by Gasteiger charge is -2.24. The summed E-state index contributed by atoms with van der Waals surface area (Å²) in [5.41, 5.74) is 1.74. The van der Waals surface area contributed by atoms with Gasteiger partial charge in [-0.15, -0.1) is 11.3 Å². The van der Waals surface area contributed by atoms with E-state index in [1.165, 1.54) is 38.8 Å². The van der Waals surface area contributed by atoms with Crippen LogP contribution in [0.15, 0.2) is 29.2 Å². The molecule has 0 bridgehead atoms. The molecule has 4 rings (SSSR count). The van der Waals surface area contributed by atoms with Crippen molar-refractivity contribution in [3.8, 4) is 0 Å². The van der Waals surface area contributed by atoms with E-state index in [-0.39, 0.29) is 29.0 Å². The molecule has 1 aromatic heterocycles. The number of benzene rings is 1. The van der Waals surface area contributed by atoms with E-state index in [1.807, 2.05) is 6.07 Å². The van der Waals surface area contributed by atoms with Crippen LogP contribution in [0.3, 0.4) is 0 Å². The Hall–Kier alpha value is -1.90. The minimum absolute atomic E-state index is 0.184. The zero-order valence-corrected chi connectivity index (χ0v) is 17.6.